The summed E-state index contributed by atoms with van der Waals surface area (Å²) in [6, 6.07) is 0. The van der Waals surface area contributed by atoms with Crippen LogP contribution < -0.4 is 10.5 Å². The molecule has 0 spiro atoms. The normalized spacial score (nSPS) is 11.6. The number of aryl methyl sites for hydroxylation is 2. The number of hydrogen-bond donors (Lipinski definition) is 3. The van der Waals surface area contributed by atoms with E-state index in [1.54, 1.807) is 13.8 Å². The zero-order valence-corrected chi connectivity index (χ0v) is 10.7. The molecule has 1 aromatic heterocycles. The van der Waals surface area contributed by atoms with E-state index in [9.17, 15) is 8.42 Å². The van der Waals surface area contributed by atoms with Crippen molar-refractivity contribution in [3.05, 3.63) is 11.4 Å². The average Bonchev–Trinajstić information content (AvgIpc) is 2.45. The van der Waals surface area contributed by atoms with Crippen LogP contribution in [0.5, 0.6) is 0 Å². The van der Waals surface area contributed by atoms with Crippen LogP contribution in [0.4, 0.5) is 0 Å². The zero-order valence-electron chi connectivity index (χ0n) is 9.07. The standard InChI is InChI=1S/C8H14N4O2S2/c1-5-8(6(2)12-11-5)16(13,14)10-4-3-7(9)15/h10H,3-4H2,1-2H3,(H2,9,15)(H,11,12). The first kappa shape index (κ1) is 13.1. The van der Waals surface area contributed by atoms with Gasteiger partial charge in [0, 0.05) is 13.0 Å². The maximum Gasteiger partial charge on any atom is 0.244 e. The fraction of sp³-hybridized carbons (Fsp3) is 0.500. The van der Waals surface area contributed by atoms with Gasteiger partial charge in [-0.25, -0.2) is 13.1 Å². The van der Waals surface area contributed by atoms with E-state index in [0.717, 1.165) is 0 Å². The quantitative estimate of drug-likeness (QED) is 0.647. The Hall–Kier alpha value is -0.990. The van der Waals surface area contributed by atoms with Gasteiger partial charge < -0.3 is 5.73 Å². The van der Waals surface area contributed by atoms with Gasteiger partial charge in [0.1, 0.15) is 4.90 Å². The van der Waals surface area contributed by atoms with Gasteiger partial charge >= 0.3 is 0 Å². The lowest BCUT2D eigenvalue weighted by Gasteiger charge is -2.05. The van der Waals surface area contributed by atoms with Crippen LogP contribution in [0.1, 0.15) is 17.8 Å². The molecule has 0 saturated heterocycles. The Kier molecular flexibility index (Phi) is 4.00. The third-order valence-electron chi connectivity index (χ3n) is 1.99. The van der Waals surface area contributed by atoms with Crippen molar-refractivity contribution in [1.82, 2.24) is 14.9 Å². The van der Waals surface area contributed by atoms with E-state index < -0.39 is 10.0 Å². The summed E-state index contributed by atoms with van der Waals surface area (Å²) in [6.45, 7) is 3.48. The van der Waals surface area contributed by atoms with Crippen molar-refractivity contribution in [1.29, 1.82) is 0 Å². The van der Waals surface area contributed by atoms with Crippen LogP contribution in [0.2, 0.25) is 0 Å². The highest BCUT2D eigenvalue weighted by molar-refractivity contribution is 7.89. The first-order valence-electron chi connectivity index (χ1n) is 4.64. The molecule has 0 aliphatic carbocycles. The highest BCUT2D eigenvalue weighted by Crippen LogP contribution is 2.15. The summed E-state index contributed by atoms with van der Waals surface area (Å²) in [6.07, 6.45) is 0.338. The summed E-state index contributed by atoms with van der Waals surface area (Å²) in [5, 5.41) is 6.45. The molecule has 4 N–H and O–H groups in total. The molecular formula is C8H14N4O2S2. The molecule has 0 amide bonds. The maximum atomic E-state index is 11.9. The first-order chi connectivity index (χ1) is 7.34. The van der Waals surface area contributed by atoms with Crippen molar-refractivity contribution < 1.29 is 8.42 Å². The number of aromatic nitrogens is 2. The predicted octanol–water partition coefficient (Wildman–Crippen LogP) is -0.0190. The van der Waals surface area contributed by atoms with E-state index in [1.807, 2.05) is 0 Å². The molecule has 0 atom stereocenters. The SMILES string of the molecule is Cc1n[nH]c(C)c1S(=O)(=O)NCCC(N)=S. The number of rotatable bonds is 5. The van der Waals surface area contributed by atoms with Gasteiger partial charge in [0.15, 0.2) is 0 Å². The number of aromatic amines is 1. The van der Waals surface area contributed by atoms with E-state index in [1.165, 1.54) is 0 Å². The predicted molar refractivity (Wildman–Crippen MR) is 64.7 cm³/mol. The lowest BCUT2D eigenvalue weighted by molar-refractivity contribution is 0.581. The van der Waals surface area contributed by atoms with Crippen molar-refractivity contribution >= 4 is 27.2 Å². The third-order valence-corrected chi connectivity index (χ3v) is 3.92. The number of nitrogens with zero attached hydrogens (tertiary/aromatic N) is 1. The van der Waals surface area contributed by atoms with E-state index in [0.29, 0.717) is 17.8 Å². The van der Waals surface area contributed by atoms with Crippen LogP contribution in [-0.2, 0) is 10.0 Å². The van der Waals surface area contributed by atoms with Gasteiger partial charge in [0.25, 0.3) is 0 Å². The number of hydrogen-bond acceptors (Lipinski definition) is 4. The summed E-state index contributed by atoms with van der Waals surface area (Å²) < 4.78 is 26.1. The second-order valence-corrected chi connectivity index (χ2v) is 5.61. The van der Waals surface area contributed by atoms with Crippen LogP contribution in [0, 0.1) is 13.8 Å². The zero-order chi connectivity index (χ0) is 12.3. The highest BCUT2D eigenvalue weighted by atomic mass is 32.2. The van der Waals surface area contributed by atoms with E-state index in [2.05, 4.69) is 27.1 Å². The Morgan fingerprint density at radius 3 is 2.62 bits per heavy atom. The number of H-pyrrole nitrogens is 1. The summed E-state index contributed by atoms with van der Waals surface area (Å²) in [4.78, 5) is 0.471. The van der Waals surface area contributed by atoms with Gasteiger partial charge in [-0.05, 0) is 13.8 Å². The van der Waals surface area contributed by atoms with Gasteiger partial charge in [0.05, 0.1) is 16.4 Å². The van der Waals surface area contributed by atoms with Gasteiger partial charge in [-0.2, -0.15) is 5.10 Å². The van der Waals surface area contributed by atoms with Gasteiger partial charge in [-0.15, -0.1) is 0 Å². The van der Waals surface area contributed by atoms with Crippen LogP contribution >= 0.6 is 12.2 Å². The molecule has 1 rings (SSSR count). The van der Waals surface area contributed by atoms with Gasteiger partial charge in [-0.1, -0.05) is 12.2 Å². The number of nitrogens with one attached hydrogen (secondary N) is 2. The molecule has 6 nitrogen and oxygen atoms in total. The highest BCUT2D eigenvalue weighted by Gasteiger charge is 2.21. The van der Waals surface area contributed by atoms with Gasteiger partial charge in [0.2, 0.25) is 10.0 Å². The minimum absolute atomic E-state index is 0.190. The minimum atomic E-state index is -3.53. The third kappa shape index (κ3) is 3.00. The number of sulfonamides is 1. The summed E-state index contributed by atoms with van der Waals surface area (Å²) in [5.74, 6) is 0. The molecule has 0 aromatic carbocycles. The van der Waals surface area contributed by atoms with Crippen molar-refractivity contribution in [2.75, 3.05) is 6.54 Å². The van der Waals surface area contributed by atoms with E-state index in [-0.39, 0.29) is 16.4 Å². The molecule has 0 saturated carbocycles. The van der Waals surface area contributed by atoms with Gasteiger partial charge in [-0.3, -0.25) is 5.10 Å². The molecular weight excluding hydrogens is 248 g/mol. The molecule has 16 heavy (non-hydrogen) atoms. The van der Waals surface area contributed by atoms with Crippen LogP contribution in [0.25, 0.3) is 0 Å². The molecule has 0 fully saturated rings. The Balaban J connectivity index is 2.83. The van der Waals surface area contributed by atoms with Crippen molar-refractivity contribution in [3.8, 4) is 0 Å². The van der Waals surface area contributed by atoms with Crippen LogP contribution in [0.3, 0.4) is 0 Å². The molecule has 1 heterocycles. The minimum Gasteiger partial charge on any atom is -0.393 e. The fourth-order valence-electron chi connectivity index (χ4n) is 1.32. The fourth-order valence-corrected chi connectivity index (χ4v) is 2.82. The smallest absolute Gasteiger partial charge is 0.244 e. The summed E-state index contributed by atoms with van der Waals surface area (Å²) >= 11 is 4.66. The molecule has 0 radical (unpaired) electrons. The molecule has 0 aliphatic rings. The molecule has 90 valence electrons. The topological polar surface area (TPSA) is 101 Å². The molecule has 8 heteroatoms. The van der Waals surface area contributed by atoms with Crippen molar-refractivity contribution in [2.24, 2.45) is 5.73 Å². The van der Waals surface area contributed by atoms with Crippen LogP contribution in [0.15, 0.2) is 4.90 Å². The summed E-state index contributed by atoms with van der Waals surface area (Å²) in [5.41, 5.74) is 6.24. The van der Waals surface area contributed by atoms with E-state index in [4.69, 9.17) is 5.73 Å². The molecule has 0 aliphatic heterocycles. The monoisotopic (exact) mass is 262 g/mol. The second kappa shape index (κ2) is 4.89. The lowest BCUT2D eigenvalue weighted by Crippen LogP contribution is -2.28. The molecule has 1 aromatic rings. The summed E-state index contributed by atoms with van der Waals surface area (Å²) in [7, 11) is -3.53. The van der Waals surface area contributed by atoms with Crippen molar-refractivity contribution in [3.63, 3.8) is 0 Å². The average molecular weight is 262 g/mol. The Labute approximate surface area is 99.7 Å². The molecule has 0 bridgehead atoms. The van der Waals surface area contributed by atoms with Crippen molar-refractivity contribution in [2.45, 2.75) is 25.2 Å². The Morgan fingerprint density at radius 1 is 1.56 bits per heavy atom. The number of thiocarbonyl (C=S) groups is 1. The van der Waals surface area contributed by atoms with E-state index >= 15 is 0 Å². The van der Waals surface area contributed by atoms with Crippen LogP contribution in [-0.4, -0.2) is 30.1 Å². The number of nitrogens with two attached hydrogens (primary N) is 1. The second-order valence-electron chi connectivity index (χ2n) is 3.38. The Bertz CT molecular complexity index is 473. The molecule has 0 unspecified atom stereocenters. The maximum absolute atomic E-state index is 11.9. The lowest BCUT2D eigenvalue weighted by atomic mass is 10.4. The Morgan fingerprint density at radius 2 is 2.19 bits per heavy atom. The first-order valence-corrected chi connectivity index (χ1v) is 6.53. The largest absolute Gasteiger partial charge is 0.393 e.